The number of amides is 2. The van der Waals surface area contributed by atoms with Gasteiger partial charge in [0, 0.05) is 17.8 Å². The first-order chi connectivity index (χ1) is 16.8. The van der Waals surface area contributed by atoms with Gasteiger partial charge in [-0.05, 0) is 63.1 Å². The highest BCUT2D eigenvalue weighted by Crippen LogP contribution is 2.26. The van der Waals surface area contributed by atoms with Gasteiger partial charge in [0.25, 0.3) is 5.91 Å². The zero-order chi connectivity index (χ0) is 25.4. The Bertz CT molecular complexity index is 1140. The van der Waals surface area contributed by atoms with Crippen molar-refractivity contribution in [1.82, 2.24) is 20.1 Å². The maximum Gasteiger partial charge on any atom is 0.251 e. The van der Waals surface area contributed by atoms with E-state index in [1.54, 1.807) is 6.07 Å². The van der Waals surface area contributed by atoms with Crippen molar-refractivity contribution in [3.05, 3.63) is 65.5 Å². The average Bonchev–Trinajstić information content (AvgIpc) is 3.24. The van der Waals surface area contributed by atoms with Crippen molar-refractivity contribution in [2.75, 3.05) is 17.7 Å². The van der Waals surface area contributed by atoms with Gasteiger partial charge in [0.1, 0.15) is 5.75 Å². The number of anilines is 1. The SMILES string of the molecule is CCOc1ccc(NC(=O)CSc2nnc([C@H](NC(=O)c3cccc(C)c3)C(C)C)n2CC)cc1. The number of carbonyl (C=O) groups is 2. The first-order valence-electron chi connectivity index (χ1n) is 11.8. The van der Waals surface area contributed by atoms with E-state index in [9.17, 15) is 9.59 Å². The fourth-order valence-corrected chi connectivity index (χ4v) is 4.41. The summed E-state index contributed by atoms with van der Waals surface area (Å²) in [4.78, 5) is 25.4. The smallest absolute Gasteiger partial charge is 0.251 e. The number of nitrogens with zero attached hydrogens (tertiary/aromatic N) is 3. The van der Waals surface area contributed by atoms with Crippen LogP contribution >= 0.6 is 11.8 Å². The molecular formula is C26H33N5O3S. The van der Waals surface area contributed by atoms with Crippen LogP contribution in [-0.2, 0) is 11.3 Å². The van der Waals surface area contributed by atoms with Gasteiger partial charge in [0.15, 0.2) is 11.0 Å². The molecule has 0 saturated heterocycles. The predicted molar refractivity (Wildman–Crippen MR) is 139 cm³/mol. The summed E-state index contributed by atoms with van der Waals surface area (Å²) in [6, 6.07) is 14.4. The van der Waals surface area contributed by atoms with E-state index in [4.69, 9.17) is 4.74 Å². The first-order valence-corrected chi connectivity index (χ1v) is 12.8. The number of benzene rings is 2. The normalized spacial score (nSPS) is 11.8. The van der Waals surface area contributed by atoms with Gasteiger partial charge in [-0.15, -0.1) is 10.2 Å². The molecule has 0 unspecified atom stereocenters. The van der Waals surface area contributed by atoms with Gasteiger partial charge >= 0.3 is 0 Å². The zero-order valence-electron chi connectivity index (χ0n) is 20.9. The van der Waals surface area contributed by atoms with Crippen molar-refractivity contribution in [2.24, 2.45) is 5.92 Å². The zero-order valence-corrected chi connectivity index (χ0v) is 21.7. The number of thioether (sulfide) groups is 1. The highest BCUT2D eigenvalue weighted by molar-refractivity contribution is 7.99. The van der Waals surface area contributed by atoms with Crippen LogP contribution in [0.1, 0.15) is 55.5 Å². The lowest BCUT2D eigenvalue weighted by molar-refractivity contribution is -0.113. The summed E-state index contributed by atoms with van der Waals surface area (Å²) in [6.45, 7) is 11.2. The summed E-state index contributed by atoms with van der Waals surface area (Å²) in [7, 11) is 0. The Labute approximate surface area is 210 Å². The molecule has 0 radical (unpaired) electrons. The molecule has 3 aromatic rings. The van der Waals surface area contributed by atoms with Crippen LogP contribution in [0.3, 0.4) is 0 Å². The molecule has 8 nitrogen and oxygen atoms in total. The highest BCUT2D eigenvalue weighted by Gasteiger charge is 2.26. The van der Waals surface area contributed by atoms with Crippen molar-refractivity contribution in [2.45, 2.75) is 52.4 Å². The Morgan fingerprint density at radius 3 is 2.46 bits per heavy atom. The van der Waals surface area contributed by atoms with Crippen LogP contribution in [0.25, 0.3) is 0 Å². The molecule has 1 heterocycles. The van der Waals surface area contributed by atoms with Crippen molar-refractivity contribution in [3.63, 3.8) is 0 Å². The van der Waals surface area contributed by atoms with E-state index in [0.717, 1.165) is 11.3 Å². The largest absolute Gasteiger partial charge is 0.494 e. The van der Waals surface area contributed by atoms with Gasteiger partial charge in [-0.2, -0.15) is 0 Å². The minimum absolute atomic E-state index is 0.0964. The number of hydrogen-bond donors (Lipinski definition) is 2. The molecule has 1 aromatic heterocycles. The summed E-state index contributed by atoms with van der Waals surface area (Å²) in [6.07, 6.45) is 0. The molecule has 35 heavy (non-hydrogen) atoms. The third kappa shape index (κ3) is 7.08. The topological polar surface area (TPSA) is 98.1 Å². The number of rotatable bonds is 11. The Kier molecular flexibility index (Phi) is 9.31. The van der Waals surface area contributed by atoms with Crippen LogP contribution in [0.4, 0.5) is 5.69 Å². The summed E-state index contributed by atoms with van der Waals surface area (Å²) in [5.74, 6) is 1.43. The molecule has 0 aliphatic heterocycles. The van der Waals surface area contributed by atoms with E-state index in [-0.39, 0.29) is 29.5 Å². The lowest BCUT2D eigenvalue weighted by Gasteiger charge is -2.22. The molecule has 0 aliphatic rings. The van der Waals surface area contributed by atoms with Crippen molar-refractivity contribution in [3.8, 4) is 5.75 Å². The molecule has 0 aliphatic carbocycles. The van der Waals surface area contributed by atoms with Crippen LogP contribution in [0, 0.1) is 12.8 Å². The second-order valence-corrected chi connectivity index (χ2v) is 9.39. The Balaban J connectivity index is 1.67. The summed E-state index contributed by atoms with van der Waals surface area (Å²) in [5.41, 5.74) is 2.34. The number of ether oxygens (including phenoxy) is 1. The van der Waals surface area contributed by atoms with Crippen LogP contribution in [0.5, 0.6) is 5.75 Å². The number of hydrogen-bond acceptors (Lipinski definition) is 6. The van der Waals surface area contributed by atoms with Crippen molar-refractivity contribution in [1.29, 1.82) is 0 Å². The number of nitrogens with one attached hydrogen (secondary N) is 2. The van der Waals surface area contributed by atoms with Crippen LogP contribution < -0.4 is 15.4 Å². The summed E-state index contributed by atoms with van der Waals surface area (Å²) >= 11 is 1.32. The minimum atomic E-state index is -0.317. The average molecular weight is 496 g/mol. The van der Waals surface area contributed by atoms with Gasteiger partial charge in [0.05, 0.1) is 18.4 Å². The molecule has 0 spiro atoms. The van der Waals surface area contributed by atoms with Crippen LogP contribution in [0.15, 0.2) is 53.7 Å². The van der Waals surface area contributed by atoms with E-state index in [0.29, 0.717) is 35.4 Å². The second-order valence-electron chi connectivity index (χ2n) is 8.44. The highest BCUT2D eigenvalue weighted by atomic mass is 32.2. The molecule has 9 heteroatoms. The number of aryl methyl sites for hydroxylation is 1. The molecule has 186 valence electrons. The molecule has 0 bridgehead atoms. The number of carbonyl (C=O) groups excluding carboxylic acids is 2. The molecule has 1 atom stereocenters. The monoisotopic (exact) mass is 495 g/mol. The quantitative estimate of drug-likeness (QED) is 0.369. The Morgan fingerprint density at radius 1 is 1.09 bits per heavy atom. The van der Waals surface area contributed by atoms with Gasteiger partial charge in [-0.1, -0.05) is 43.3 Å². The summed E-state index contributed by atoms with van der Waals surface area (Å²) in [5, 5.41) is 15.4. The molecule has 0 saturated carbocycles. The van der Waals surface area contributed by atoms with Gasteiger partial charge in [-0.3, -0.25) is 9.59 Å². The third-order valence-corrected chi connectivity index (χ3v) is 6.32. The molecule has 2 amide bonds. The lowest BCUT2D eigenvalue weighted by atomic mass is 10.0. The molecule has 0 fully saturated rings. The second kappa shape index (κ2) is 12.4. The first kappa shape index (κ1) is 26.3. The predicted octanol–water partition coefficient (Wildman–Crippen LogP) is 4.86. The van der Waals surface area contributed by atoms with E-state index in [2.05, 4.69) is 20.8 Å². The molecular weight excluding hydrogens is 462 g/mol. The van der Waals surface area contributed by atoms with E-state index in [1.807, 2.05) is 81.7 Å². The van der Waals surface area contributed by atoms with Crippen molar-refractivity contribution >= 4 is 29.3 Å². The molecule has 2 N–H and O–H groups in total. The maximum atomic E-state index is 12.9. The van der Waals surface area contributed by atoms with E-state index >= 15 is 0 Å². The van der Waals surface area contributed by atoms with Crippen molar-refractivity contribution < 1.29 is 14.3 Å². The molecule has 3 rings (SSSR count). The maximum absolute atomic E-state index is 12.9. The number of aromatic nitrogens is 3. The molecule has 2 aromatic carbocycles. The van der Waals surface area contributed by atoms with E-state index < -0.39 is 0 Å². The summed E-state index contributed by atoms with van der Waals surface area (Å²) < 4.78 is 7.38. The van der Waals surface area contributed by atoms with E-state index in [1.165, 1.54) is 11.8 Å². The third-order valence-electron chi connectivity index (χ3n) is 5.35. The standard InChI is InChI=1S/C26H33N5O3S/c1-6-31-24(23(17(3)4)28-25(33)19-10-8-9-18(5)15-19)29-30-26(31)35-16-22(32)27-20-11-13-21(14-12-20)34-7-2/h8-15,17,23H,6-7,16H2,1-5H3,(H,27,32)(H,28,33)/t23-/m1/s1. The van der Waals surface area contributed by atoms with Crippen LogP contribution in [0.2, 0.25) is 0 Å². The fourth-order valence-electron chi connectivity index (χ4n) is 3.60. The Morgan fingerprint density at radius 2 is 1.83 bits per heavy atom. The Hall–Kier alpha value is -3.33. The van der Waals surface area contributed by atoms with Gasteiger partial charge in [-0.25, -0.2) is 0 Å². The fraction of sp³-hybridized carbons (Fsp3) is 0.385. The lowest BCUT2D eigenvalue weighted by Crippen LogP contribution is -2.33. The van der Waals surface area contributed by atoms with Gasteiger partial charge < -0.3 is 19.9 Å². The van der Waals surface area contributed by atoms with Crippen LogP contribution in [-0.4, -0.2) is 38.9 Å². The van der Waals surface area contributed by atoms with Gasteiger partial charge in [0.2, 0.25) is 5.91 Å². The minimum Gasteiger partial charge on any atom is -0.494 e.